The lowest BCUT2D eigenvalue weighted by Crippen LogP contribution is -2.46. The van der Waals surface area contributed by atoms with Crippen molar-refractivity contribution in [2.75, 3.05) is 41.3 Å². The lowest BCUT2D eigenvalue weighted by atomic mass is 10.2. The van der Waals surface area contributed by atoms with Gasteiger partial charge in [0.15, 0.2) is 0 Å². The molecule has 3 aromatic rings. The second kappa shape index (κ2) is 8.62. The molecule has 1 fully saturated rings. The molecule has 1 saturated heterocycles. The number of benzene rings is 2. The summed E-state index contributed by atoms with van der Waals surface area (Å²) in [7, 11) is 0. The molecule has 0 aliphatic carbocycles. The van der Waals surface area contributed by atoms with Crippen molar-refractivity contribution in [3.8, 4) is 6.07 Å². The maximum absolute atomic E-state index is 12.4. The predicted molar refractivity (Wildman–Crippen MR) is 117 cm³/mol. The van der Waals surface area contributed by atoms with Gasteiger partial charge in [0.05, 0.1) is 24.0 Å². The number of aryl methyl sites for hydroxylation is 1. The molecule has 0 atom stereocenters. The summed E-state index contributed by atoms with van der Waals surface area (Å²) < 4.78 is 0. The van der Waals surface area contributed by atoms with Gasteiger partial charge in [0.2, 0.25) is 0 Å². The van der Waals surface area contributed by atoms with E-state index in [2.05, 4.69) is 56.3 Å². The van der Waals surface area contributed by atoms with E-state index in [-0.39, 0.29) is 11.6 Å². The minimum atomic E-state index is -0.331. The Morgan fingerprint density at radius 3 is 2.37 bits per heavy atom. The highest BCUT2D eigenvalue weighted by atomic mass is 16.1. The van der Waals surface area contributed by atoms with Crippen LogP contribution in [0.3, 0.4) is 0 Å². The van der Waals surface area contributed by atoms with Gasteiger partial charge in [-0.2, -0.15) is 5.26 Å². The Bertz CT molecular complexity index is 1060. The van der Waals surface area contributed by atoms with E-state index in [1.807, 2.05) is 6.07 Å². The van der Waals surface area contributed by atoms with Crippen LogP contribution in [0.25, 0.3) is 0 Å². The van der Waals surface area contributed by atoms with E-state index >= 15 is 0 Å². The van der Waals surface area contributed by atoms with Crippen molar-refractivity contribution in [1.82, 2.24) is 9.97 Å². The molecule has 7 heteroatoms. The summed E-state index contributed by atoms with van der Waals surface area (Å²) in [5, 5.41) is 11.6. The number of aromatic nitrogens is 2. The zero-order valence-electron chi connectivity index (χ0n) is 16.7. The molecule has 0 spiro atoms. The fourth-order valence-corrected chi connectivity index (χ4v) is 3.44. The summed E-state index contributed by atoms with van der Waals surface area (Å²) in [6.45, 7) is 5.62. The quantitative estimate of drug-likeness (QED) is 0.726. The molecule has 0 saturated carbocycles. The number of carbonyl (C=O) groups excluding carboxylic acids is 1. The van der Waals surface area contributed by atoms with Gasteiger partial charge < -0.3 is 15.1 Å². The molecule has 1 aliphatic rings. The molecular formula is C23H22N6O. The topological polar surface area (TPSA) is 85.1 Å². The third kappa shape index (κ3) is 4.39. The monoisotopic (exact) mass is 398 g/mol. The standard InChI is InChI=1S/C23H22N6O/c1-17-3-2-4-20(13-17)28-9-11-29(12-10-28)22-16-25-21(15-26-22)23(30)27-19-7-5-18(14-24)6-8-19/h2-8,13,15-16H,9-12H2,1H3,(H,27,30). The maximum atomic E-state index is 12.4. The van der Waals surface area contributed by atoms with Crippen LogP contribution in [0.15, 0.2) is 60.9 Å². The van der Waals surface area contributed by atoms with Gasteiger partial charge in [0.25, 0.3) is 5.91 Å². The predicted octanol–water partition coefficient (Wildman–Crippen LogP) is 3.24. The highest BCUT2D eigenvalue weighted by Crippen LogP contribution is 2.20. The van der Waals surface area contributed by atoms with E-state index in [9.17, 15) is 4.79 Å². The van der Waals surface area contributed by atoms with Gasteiger partial charge in [-0.05, 0) is 48.9 Å². The van der Waals surface area contributed by atoms with Crippen LogP contribution in [0.4, 0.5) is 17.2 Å². The molecule has 0 radical (unpaired) electrons. The molecular weight excluding hydrogens is 376 g/mol. The number of amides is 1. The van der Waals surface area contributed by atoms with Gasteiger partial charge in [-0.1, -0.05) is 12.1 Å². The number of nitrogens with one attached hydrogen (secondary N) is 1. The van der Waals surface area contributed by atoms with E-state index in [1.165, 1.54) is 17.4 Å². The first-order valence-electron chi connectivity index (χ1n) is 9.82. The largest absolute Gasteiger partial charge is 0.368 e. The molecule has 150 valence electrons. The Hall–Kier alpha value is -3.92. The SMILES string of the molecule is Cc1cccc(N2CCN(c3cnc(C(=O)Nc4ccc(C#N)cc4)cn3)CC2)c1. The van der Waals surface area contributed by atoms with Crippen molar-refractivity contribution < 1.29 is 4.79 Å². The average Bonchev–Trinajstić information content (AvgIpc) is 2.80. The third-order valence-corrected chi connectivity index (χ3v) is 5.11. The zero-order chi connectivity index (χ0) is 20.9. The first kappa shape index (κ1) is 19.4. The third-order valence-electron chi connectivity index (χ3n) is 5.11. The number of carbonyl (C=O) groups is 1. The summed E-state index contributed by atoms with van der Waals surface area (Å²) in [6.07, 6.45) is 3.15. The molecule has 1 aromatic heterocycles. The number of nitrogens with zero attached hydrogens (tertiary/aromatic N) is 5. The molecule has 4 rings (SSSR count). The van der Waals surface area contributed by atoms with Gasteiger partial charge >= 0.3 is 0 Å². The molecule has 7 nitrogen and oxygen atoms in total. The molecule has 0 bridgehead atoms. The van der Waals surface area contributed by atoms with E-state index < -0.39 is 0 Å². The second-order valence-electron chi connectivity index (χ2n) is 7.22. The number of rotatable bonds is 4. The summed E-state index contributed by atoms with van der Waals surface area (Å²) in [5.74, 6) is 0.442. The fraction of sp³-hybridized carbons (Fsp3) is 0.217. The second-order valence-corrected chi connectivity index (χ2v) is 7.22. The van der Waals surface area contributed by atoms with Crippen LogP contribution in [0, 0.1) is 18.3 Å². The van der Waals surface area contributed by atoms with Crippen molar-refractivity contribution in [3.05, 3.63) is 77.7 Å². The van der Waals surface area contributed by atoms with Gasteiger partial charge in [0, 0.05) is 37.6 Å². The Balaban J connectivity index is 1.35. The van der Waals surface area contributed by atoms with Crippen LogP contribution >= 0.6 is 0 Å². The normalized spacial score (nSPS) is 13.6. The molecule has 30 heavy (non-hydrogen) atoms. The number of hydrogen-bond acceptors (Lipinski definition) is 6. The Kier molecular flexibility index (Phi) is 5.57. The minimum absolute atomic E-state index is 0.251. The van der Waals surface area contributed by atoms with Gasteiger partial charge in [-0.3, -0.25) is 4.79 Å². The Labute approximate surface area is 175 Å². The number of hydrogen-bond donors (Lipinski definition) is 1. The zero-order valence-corrected chi connectivity index (χ0v) is 16.7. The Morgan fingerprint density at radius 2 is 1.73 bits per heavy atom. The first-order chi connectivity index (χ1) is 14.6. The smallest absolute Gasteiger partial charge is 0.275 e. The van der Waals surface area contributed by atoms with Crippen LogP contribution in [0.2, 0.25) is 0 Å². The van der Waals surface area contributed by atoms with Crippen molar-refractivity contribution in [2.45, 2.75) is 6.92 Å². The van der Waals surface area contributed by atoms with Gasteiger partial charge in [-0.15, -0.1) is 0 Å². The highest BCUT2D eigenvalue weighted by Gasteiger charge is 2.19. The highest BCUT2D eigenvalue weighted by molar-refractivity contribution is 6.02. The van der Waals surface area contributed by atoms with Crippen molar-refractivity contribution >= 4 is 23.1 Å². The molecule has 0 unspecified atom stereocenters. The molecule has 1 N–H and O–H groups in total. The Morgan fingerprint density at radius 1 is 1.00 bits per heavy atom. The molecule has 1 amide bonds. The molecule has 2 heterocycles. The fourth-order valence-electron chi connectivity index (χ4n) is 3.44. The van der Waals surface area contributed by atoms with E-state index in [4.69, 9.17) is 5.26 Å². The first-order valence-corrected chi connectivity index (χ1v) is 9.82. The summed E-state index contributed by atoms with van der Waals surface area (Å²) >= 11 is 0. The number of nitriles is 1. The van der Waals surface area contributed by atoms with Crippen LogP contribution in [-0.4, -0.2) is 42.1 Å². The average molecular weight is 398 g/mol. The number of anilines is 3. The van der Waals surface area contributed by atoms with Crippen molar-refractivity contribution in [3.63, 3.8) is 0 Å². The maximum Gasteiger partial charge on any atom is 0.275 e. The van der Waals surface area contributed by atoms with Crippen LogP contribution in [0.1, 0.15) is 21.6 Å². The number of piperazine rings is 1. The lowest BCUT2D eigenvalue weighted by Gasteiger charge is -2.36. The van der Waals surface area contributed by atoms with Crippen molar-refractivity contribution in [1.29, 1.82) is 5.26 Å². The summed E-state index contributed by atoms with van der Waals surface area (Å²) in [4.78, 5) is 25.7. The summed E-state index contributed by atoms with van der Waals surface area (Å²) in [6, 6.07) is 17.3. The van der Waals surface area contributed by atoms with Gasteiger partial charge in [-0.25, -0.2) is 9.97 Å². The van der Waals surface area contributed by atoms with Crippen LogP contribution in [-0.2, 0) is 0 Å². The van der Waals surface area contributed by atoms with E-state index in [1.54, 1.807) is 30.5 Å². The molecule has 1 aliphatic heterocycles. The van der Waals surface area contributed by atoms with Crippen LogP contribution in [0.5, 0.6) is 0 Å². The van der Waals surface area contributed by atoms with E-state index in [0.29, 0.717) is 11.3 Å². The van der Waals surface area contributed by atoms with Crippen molar-refractivity contribution in [2.24, 2.45) is 0 Å². The van der Waals surface area contributed by atoms with E-state index in [0.717, 1.165) is 32.0 Å². The minimum Gasteiger partial charge on any atom is -0.368 e. The van der Waals surface area contributed by atoms with Gasteiger partial charge in [0.1, 0.15) is 11.5 Å². The summed E-state index contributed by atoms with van der Waals surface area (Å²) in [5.41, 5.74) is 3.91. The van der Waals surface area contributed by atoms with Crippen LogP contribution < -0.4 is 15.1 Å². The lowest BCUT2D eigenvalue weighted by molar-refractivity contribution is 0.102. The molecule has 2 aromatic carbocycles.